The Kier molecular flexibility index (Phi) is 2.30. The number of nitrogens with one attached hydrogen (secondary N) is 1. The smallest absolute Gasteiger partial charge is 0.177 e. The van der Waals surface area contributed by atoms with Crippen molar-refractivity contribution >= 4 is 12.2 Å². The molecule has 0 amide bonds. The summed E-state index contributed by atoms with van der Waals surface area (Å²) in [5, 5.41) is 0. The summed E-state index contributed by atoms with van der Waals surface area (Å²) in [4.78, 5) is 3.10. The molecule has 2 rings (SSSR count). The summed E-state index contributed by atoms with van der Waals surface area (Å²) >= 11 is 5.26. The van der Waals surface area contributed by atoms with Crippen LogP contribution in [0.25, 0.3) is 0 Å². The van der Waals surface area contributed by atoms with Crippen molar-refractivity contribution in [2.24, 2.45) is 11.3 Å². The molecule has 78 valence electrons. The average Bonchev–Trinajstić information content (AvgIpc) is 2.84. The van der Waals surface area contributed by atoms with E-state index in [-0.39, 0.29) is 0 Å². The predicted molar refractivity (Wildman–Crippen MR) is 60.9 cm³/mol. The minimum atomic E-state index is 0.533. The number of aromatic nitrogens is 2. The van der Waals surface area contributed by atoms with Crippen LogP contribution < -0.4 is 0 Å². The number of hydrogen-bond donors (Lipinski definition) is 1. The molecule has 1 aromatic rings. The van der Waals surface area contributed by atoms with E-state index in [9.17, 15) is 0 Å². The number of hydrogen-bond acceptors (Lipinski definition) is 1. The Hall–Kier alpha value is -0.570. The topological polar surface area (TPSA) is 20.7 Å². The van der Waals surface area contributed by atoms with Crippen LogP contribution in [0.2, 0.25) is 0 Å². The first-order valence-corrected chi connectivity index (χ1v) is 5.71. The Labute approximate surface area is 90.3 Å². The maximum atomic E-state index is 5.26. The van der Waals surface area contributed by atoms with Crippen molar-refractivity contribution in [3.63, 3.8) is 0 Å². The Morgan fingerprint density at radius 2 is 2.21 bits per heavy atom. The van der Waals surface area contributed by atoms with Gasteiger partial charge < -0.3 is 9.55 Å². The Bertz CT molecular complexity index is 382. The summed E-state index contributed by atoms with van der Waals surface area (Å²) in [7, 11) is 0. The van der Waals surface area contributed by atoms with Crippen molar-refractivity contribution in [1.29, 1.82) is 0 Å². The van der Waals surface area contributed by atoms with Gasteiger partial charge in [-0.2, -0.15) is 0 Å². The van der Waals surface area contributed by atoms with Gasteiger partial charge in [0.25, 0.3) is 0 Å². The maximum Gasteiger partial charge on any atom is 0.177 e. The molecule has 0 unspecified atom stereocenters. The van der Waals surface area contributed by atoms with Crippen LogP contribution >= 0.6 is 12.2 Å². The molecule has 0 aliphatic heterocycles. The highest BCUT2D eigenvalue weighted by molar-refractivity contribution is 7.71. The third-order valence-corrected chi connectivity index (χ3v) is 4.00. The van der Waals surface area contributed by atoms with Gasteiger partial charge in [0.1, 0.15) is 0 Å². The second kappa shape index (κ2) is 3.23. The zero-order valence-corrected chi connectivity index (χ0v) is 9.95. The zero-order valence-electron chi connectivity index (χ0n) is 9.13. The fraction of sp³-hybridized carbons (Fsp3) is 0.727. The number of imidazole rings is 1. The molecule has 1 N–H and O–H groups in total. The van der Waals surface area contributed by atoms with Crippen LogP contribution in [0.1, 0.15) is 32.4 Å². The quantitative estimate of drug-likeness (QED) is 0.759. The first-order valence-electron chi connectivity index (χ1n) is 5.30. The molecule has 1 aromatic heterocycles. The van der Waals surface area contributed by atoms with E-state index in [2.05, 4.69) is 30.3 Å². The summed E-state index contributed by atoms with van der Waals surface area (Å²) < 4.78 is 3.11. The van der Waals surface area contributed by atoms with Gasteiger partial charge >= 0.3 is 0 Å². The van der Waals surface area contributed by atoms with Crippen molar-refractivity contribution in [3.05, 3.63) is 16.7 Å². The summed E-state index contributed by atoms with van der Waals surface area (Å²) in [6.07, 6.45) is 4.72. The van der Waals surface area contributed by atoms with Crippen molar-refractivity contribution in [1.82, 2.24) is 9.55 Å². The first kappa shape index (κ1) is 9.97. The molecule has 0 aromatic carbocycles. The van der Waals surface area contributed by atoms with Crippen molar-refractivity contribution < 1.29 is 0 Å². The molecule has 0 bridgehead atoms. The van der Waals surface area contributed by atoms with Gasteiger partial charge in [-0.05, 0) is 43.3 Å². The van der Waals surface area contributed by atoms with E-state index in [1.807, 2.05) is 6.20 Å². The van der Waals surface area contributed by atoms with E-state index >= 15 is 0 Å². The molecule has 2 nitrogen and oxygen atoms in total. The summed E-state index contributed by atoms with van der Waals surface area (Å²) in [5.41, 5.74) is 1.78. The minimum absolute atomic E-state index is 0.533. The number of H-pyrrole nitrogens is 1. The van der Waals surface area contributed by atoms with Crippen LogP contribution in [0.15, 0.2) is 6.20 Å². The highest BCUT2D eigenvalue weighted by Crippen LogP contribution is 2.53. The van der Waals surface area contributed by atoms with Gasteiger partial charge in [-0.25, -0.2) is 0 Å². The van der Waals surface area contributed by atoms with E-state index in [0.717, 1.165) is 17.2 Å². The predicted octanol–water partition coefficient (Wildman–Crippen LogP) is 3.29. The zero-order chi connectivity index (χ0) is 10.3. The number of nitrogens with zero attached hydrogens (tertiary/aromatic N) is 1. The van der Waals surface area contributed by atoms with E-state index in [4.69, 9.17) is 12.2 Å². The van der Waals surface area contributed by atoms with Gasteiger partial charge in [-0.1, -0.05) is 13.8 Å². The van der Waals surface area contributed by atoms with Crippen LogP contribution in [0.3, 0.4) is 0 Å². The molecule has 1 saturated carbocycles. The van der Waals surface area contributed by atoms with Crippen molar-refractivity contribution in [3.8, 4) is 0 Å². The molecule has 1 aliphatic rings. The minimum Gasteiger partial charge on any atom is -0.337 e. The maximum absolute atomic E-state index is 5.26. The molecular weight excluding hydrogens is 192 g/mol. The number of aryl methyl sites for hydroxylation is 1. The molecule has 1 aliphatic carbocycles. The molecule has 0 radical (unpaired) electrons. The second-order valence-electron chi connectivity index (χ2n) is 4.84. The lowest BCUT2D eigenvalue weighted by molar-refractivity contribution is 0.305. The van der Waals surface area contributed by atoms with Gasteiger partial charge in [0.2, 0.25) is 0 Å². The summed E-state index contributed by atoms with van der Waals surface area (Å²) in [6.45, 7) is 7.85. The first-order chi connectivity index (χ1) is 6.55. The fourth-order valence-electron chi connectivity index (χ4n) is 2.07. The van der Waals surface area contributed by atoms with Crippen molar-refractivity contribution in [2.75, 3.05) is 0 Å². The number of aromatic amines is 1. The summed E-state index contributed by atoms with van der Waals surface area (Å²) in [6, 6.07) is 0. The van der Waals surface area contributed by atoms with Crippen molar-refractivity contribution in [2.45, 2.75) is 40.2 Å². The average molecular weight is 210 g/mol. The van der Waals surface area contributed by atoms with E-state index in [1.54, 1.807) is 0 Å². The lowest BCUT2D eigenvalue weighted by Crippen LogP contribution is -2.18. The highest BCUT2D eigenvalue weighted by Gasteiger charge is 2.45. The fourth-order valence-corrected chi connectivity index (χ4v) is 2.34. The van der Waals surface area contributed by atoms with Gasteiger partial charge in [0.05, 0.1) is 0 Å². The van der Waals surface area contributed by atoms with Crippen LogP contribution in [0.4, 0.5) is 0 Å². The summed E-state index contributed by atoms with van der Waals surface area (Å²) in [5.74, 6) is 0.763. The number of rotatable bonds is 3. The molecule has 1 heterocycles. The van der Waals surface area contributed by atoms with Gasteiger partial charge in [-0.3, -0.25) is 0 Å². The van der Waals surface area contributed by atoms with E-state index in [1.165, 1.54) is 18.5 Å². The van der Waals surface area contributed by atoms with Crippen LogP contribution in [-0.4, -0.2) is 9.55 Å². The molecular formula is C11H18N2S. The lowest BCUT2D eigenvalue weighted by Gasteiger charge is -2.20. The van der Waals surface area contributed by atoms with Crippen LogP contribution in [0.5, 0.6) is 0 Å². The molecule has 14 heavy (non-hydrogen) atoms. The Morgan fingerprint density at radius 1 is 1.57 bits per heavy atom. The lowest BCUT2D eigenvalue weighted by atomic mass is 9.92. The normalized spacial score (nSPS) is 18.9. The van der Waals surface area contributed by atoms with Crippen LogP contribution in [-0.2, 0) is 6.54 Å². The van der Waals surface area contributed by atoms with E-state index in [0.29, 0.717) is 5.41 Å². The Balaban J connectivity index is 2.23. The molecule has 0 atom stereocenters. The monoisotopic (exact) mass is 210 g/mol. The van der Waals surface area contributed by atoms with Crippen LogP contribution in [0, 0.1) is 23.0 Å². The van der Waals surface area contributed by atoms with Gasteiger partial charge in [0, 0.05) is 18.4 Å². The van der Waals surface area contributed by atoms with Gasteiger partial charge in [-0.15, -0.1) is 0 Å². The molecule has 1 fully saturated rings. The standard InChI is InChI=1S/C11H18N2S/c1-8(2)11(4-5-11)7-13-9(3)6-12-10(13)14/h6,8H,4-5,7H2,1-3H3,(H,12,14). The molecule has 0 saturated heterocycles. The second-order valence-corrected chi connectivity index (χ2v) is 5.23. The third-order valence-electron chi connectivity index (χ3n) is 3.67. The SMILES string of the molecule is Cc1c[nH]c(=S)n1CC1(C(C)C)CC1. The third kappa shape index (κ3) is 1.54. The van der Waals surface area contributed by atoms with Gasteiger partial charge in [0.15, 0.2) is 4.77 Å². The van der Waals surface area contributed by atoms with E-state index < -0.39 is 0 Å². The largest absolute Gasteiger partial charge is 0.337 e. The highest BCUT2D eigenvalue weighted by atomic mass is 32.1. The Morgan fingerprint density at radius 3 is 2.57 bits per heavy atom. The molecule has 0 spiro atoms. The molecule has 3 heteroatoms.